The lowest BCUT2D eigenvalue weighted by Gasteiger charge is -2.27. The SMILES string of the molecule is CCCC(C)NCC(C)OCC1CC=CCC1C. The minimum atomic E-state index is 0.322. The van der Waals surface area contributed by atoms with Crippen LogP contribution in [0, 0.1) is 11.8 Å². The Morgan fingerprint density at radius 3 is 2.67 bits per heavy atom. The van der Waals surface area contributed by atoms with E-state index in [4.69, 9.17) is 4.74 Å². The van der Waals surface area contributed by atoms with Gasteiger partial charge in [-0.25, -0.2) is 0 Å². The fourth-order valence-electron chi connectivity index (χ4n) is 2.49. The minimum absolute atomic E-state index is 0.322. The maximum absolute atomic E-state index is 5.98. The van der Waals surface area contributed by atoms with E-state index < -0.39 is 0 Å². The summed E-state index contributed by atoms with van der Waals surface area (Å²) in [6.07, 6.45) is 9.83. The highest BCUT2D eigenvalue weighted by Crippen LogP contribution is 2.25. The van der Waals surface area contributed by atoms with Gasteiger partial charge in [-0.15, -0.1) is 0 Å². The Kier molecular flexibility index (Phi) is 7.60. The van der Waals surface area contributed by atoms with E-state index in [0.29, 0.717) is 18.1 Å². The van der Waals surface area contributed by atoms with Crippen molar-refractivity contribution in [2.45, 2.75) is 65.5 Å². The van der Waals surface area contributed by atoms with Gasteiger partial charge in [-0.3, -0.25) is 0 Å². The summed E-state index contributed by atoms with van der Waals surface area (Å²) >= 11 is 0. The summed E-state index contributed by atoms with van der Waals surface area (Å²) in [5, 5.41) is 3.54. The standard InChI is InChI=1S/C16H31NO/c1-5-8-14(3)17-11-15(4)18-12-16-10-7-6-9-13(16)2/h6-7,13-17H,5,8-12H2,1-4H3. The van der Waals surface area contributed by atoms with Gasteiger partial charge in [-0.2, -0.15) is 0 Å². The molecule has 0 fully saturated rings. The van der Waals surface area contributed by atoms with Gasteiger partial charge in [-0.05, 0) is 44.9 Å². The van der Waals surface area contributed by atoms with Crippen molar-refractivity contribution >= 4 is 0 Å². The Hall–Kier alpha value is -0.340. The quantitative estimate of drug-likeness (QED) is 0.665. The predicted octanol–water partition coefficient (Wildman–Crippen LogP) is 3.77. The lowest BCUT2D eigenvalue weighted by atomic mass is 9.85. The summed E-state index contributed by atoms with van der Waals surface area (Å²) in [4.78, 5) is 0. The monoisotopic (exact) mass is 253 g/mol. The molecule has 0 radical (unpaired) electrons. The summed E-state index contributed by atoms with van der Waals surface area (Å²) in [6.45, 7) is 10.9. The van der Waals surface area contributed by atoms with Crippen LogP contribution >= 0.6 is 0 Å². The number of hydrogen-bond acceptors (Lipinski definition) is 2. The van der Waals surface area contributed by atoms with Gasteiger partial charge in [-0.1, -0.05) is 32.4 Å². The van der Waals surface area contributed by atoms with Crippen molar-refractivity contribution in [2.24, 2.45) is 11.8 Å². The third-order valence-corrected chi connectivity index (χ3v) is 3.99. The van der Waals surface area contributed by atoms with Crippen LogP contribution in [0.4, 0.5) is 0 Å². The van der Waals surface area contributed by atoms with E-state index in [1.54, 1.807) is 0 Å². The van der Waals surface area contributed by atoms with Crippen molar-refractivity contribution in [1.29, 1.82) is 0 Å². The van der Waals surface area contributed by atoms with Crippen LogP contribution in [0.1, 0.15) is 53.4 Å². The first-order chi connectivity index (χ1) is 8.63. The van der Waals surface area contributed by atoms with E-state index in [-0.39, 0.29) is 0 Å². The number of allylic oxidation sites excluding steroid dienone is 2. The molecular weight excluding hydrogens is 222 g/mol. The van der Waals surface area contributed by atoms with Gasteiger partial charge in [0.25, 0.3) is 0 Å². The summed E-state index contributed by atoms with van der Waals surface area (Å²) in [7, 11) is 0. The first kappa shape index (κ1) is 15.7. The highest BCUT2D eigenvalue weighted by Gasteiger charge is 2.19. The fraction of sp³-hybridized carbons (Fsp3) is 0.875. The maximum atomic E-state index is 5.98. The molecule has 0 aromatic rings. The molecule has 1 rings (SSSR count). The second kappa shape index (κ2) is 8.71. The first-order valence-corrected chi connectivity index (χ1v) is 7.63. The molecule has 0 bridgehead atoms. The molecule has 0 aliphatic heterocycles. The van der Waals surface area contributed by atoms with E-state index in [2.05, 4.69) is 45.2 Å². The van der Waals surface area contributed by atoms with E-state index in [1.165, 1.54) is 25.7 Å². The zero-order valence-electron chi connectivity index (χ0n) is 12.6. The van der Waals surface area contributed by atoms with Crippen molar-refractivity contribution in [3.8, 4) is 0 Å². The van der Waals surface area contributed by atoms with Crippen molar-refractivity contribution in [2.75, 3.05) is 13.2 Å². The molecule has 1 N–H and O–H groups in total. The second-order valence-electron chi connectivity index (χ2n) is 5.92. The van der Waals surface area contributed by atoms with Crippen LogP contribution in [0.3, 0.4) is 0 Å². The van der Waals surface area contributed by atoms with Crippen LogP contribution in [-0.4, -0.2) is 25.3 Å². The number of nitrogens with one attached hydrogen (secondary N) is 1. The Labute approximate surface area is 113 Å². The number of rotatable bonds is 8. The van der Waals surface area contributed by atoms with Crippen molar-refractivity contribution in [1.82, 2.24) is 5.32 Å². The number of hydrogen-bond donors (Lipinski definition) is 1. The molecule has 2 nitrogen and oxygen atoms in total. The largest absolute Gasteiger partial charge is 0.377 e. The van der Waals surface area contributed by atoms with Gasteiger partial charge < -0.3 is 10.1 Å². The molecule has 0 saturated carbocycles. The molecule has 1 aliphatic rings. The highest BCUT2D eigenvalue weighted by molar-refractivity contribution is 4.93. The van der Waals surface area contributed by atoms with E-state index in [0.717, 1.165) is 19.1 Å². The summed E-state index contributed by atoms with van der Waals surface area (Å²) in [5.41, 5.74) is 0. The lowest BCUT2D eigenvalue weighted by Crippen LogP contribution is -2.34. The molecule has 0 aromatic carbocycles. The second-order valence-corrected chi connectivity index (χ2v) is 5.92. The normalized spacial score (nSPS) is 27.1. The van der Waals surface area contributed by atoms with E-state index in [9.17, 15) is 0 Å². The van der Waals surface area contributed by atoms with Gasteiger partial charge in [0.2, 0.25) is 0 Å². The molecule has 0 spiro atoms. The molecule has 106 valence electrons. The van der Waals surface area contributed by atoms with Crippen molar-refractivity contribution < 1.29 is 4.74 Å². The van der Waals surface area contributed by atoms with E-state index in [1.807, 2.05) is 0 Å². The summed E-state index contributed by atoms with van der Waals surface area (Å²) in [6, 6.07) is 0.609. The van der Waals surface area contributed by atoms with Gasteiger partial charge in [0.05, 0.1) is 12.7 Å². The molecule has 0 amide bonds. The molecule has 0 saturated heterocycles. The van der Waals surface area contributed by atoms with Crippen LogP contribution < -0.4 is 5.32 Å². The van der Waals surface area contributed by atoms with E-state index >= 15 is 0 Å². The first-order valence-electron chi connectivity index (χ1n) is 7.63. The summed E-state index contributed by atoms with van der Waals surface area (Å²) < 4.78 is 5.98. The maximum Gasteiger partial charge on any atom is 0.0671 e. The predicted molar refractivity (Wildman–Crippen MR) is 78.8 cm³/mol. The fourth-order valence-corrected chi connectivity index (χ4v) is 2.49. The van der Waals surface area contributed by atoms with Gasteiger partial charge >= 0.3 is 0 Å². The van der Waals surface area contributed by atoms with Crippen molar-refractivity contribution in [3.63, 3.8) is 0 Å². The number of ether oxygens (including phenoxy) is 1. The van der Waals surface area contributed by atoms with Gasteiger partial charge in [0.15, 0.2) is 0 Å². The summed E-state index contributed by atoms with van der Waals surface area (Å²) in [5.74, 6) is 1.49. The molecule has 0 aromatic heterocycles. The average molecular weight is 253 g/mol. The Morgan fingerprint density at radius 2 is 2.00 bits per heavy atom. The van der Waals surface area contributed by atoms with Crippen LogP contribution in [-0.2, 0) is 4.74 Å². The van der Waals surface area contributed by atoms with Gasteiger partial charge in [0, 0.05) is 12.6 Å². The minimum Gasteiger partial charge on any atom is -0.377 e. The molecular formula is C16H31NO. The Bertz CT molecular complexity index is 239. The molecule has 4 atom stereocenters. The zero-order valence-corrected chi connectivity index (χ0v) is 12.6. The third kappa shape index (κ3) is 6.01. The highest BCUT2D eigenvalue weighted by atomic mass is 16.5. The smallest absolute Gasteiger partial charge is 0.0671 e. The Balaban J connectivity index is 2.12. The van der Waals surface area contributed by atoms with Crippen LogP contribution in [0.25, 0.3) is 0 Å². The zero-order chi connectivity index (χ0) is 13.4. The third-order valence-electron chi connectivity index (χ3n) is 3.99. The average Bonchev–Trinajstić information content (AvgIpc) is 2.36. The van der Waals surface area contributed by atoms with Crippen molar-refractivity contribution in [3.05, 3.63) is 12.2 Å². The lowest BCUT2D eigenvalue weighted by molar-refractivity contribution is 0.0257. The molecule has 2 heteroatoms. The van der Waals surface area contributed by atoms with Gasteiger partial charge in [0.1, 0.15) is 0 Å². The molecule has 18 heavy (non-hydrogen) atoms. The topological polar surface area (TPSA) is 21.3 Å². The molecule has 1 aliphatic carbocycles. The molecule has 0 heterocycles. The molecule has 4 unspecified atom stereocenters. The Morgan fingerprint density at radius 1 is 1.28 bits per heavy atom. The van der Waals surface area contributed by atoms with Crippen LogP contribution in [0.2, 0.25) is 0 Å². The van der Waals surface area contributed by atoms with Crippen LogP contribution in [0.15, 0.2) is 12.2 Å². The van der Waals surface area contributed by atoms with Crippen LogP contribution in [0.5, 0.6) is 0 Å².